The van der Waals surface area contributed by atoms with Gasteiger partial charge in [-0.1, -0.05) is 24.3 Å². The van der Waals surface area contributed by atoms with Crippen molar-refractivity contribution in [3.63, 3.8) is 0 Å². The summed E-state index contributed by atoms with van der Waals surface area (Å²) in [6.45, 7) is 2.40. The van der Waals surface area contributed by atoms with Crippen LogP contribution in [0.2, 0.25) is 0 Å². The Kier molecular flexibility index (Phi) is 3.40. The predicted octanol–water partition coefficient (Wildman–Crippen LogP) is 3.39. The van der Waals surface area contributed by atoms with Crippen molar-refractivity contribution in [2.45, 2.75) is 13.5 Å². The number of hydrogen-bond donors (Lipinski definition) is 1. The van der Waals surface area contributed by atoms with Crippen molar-refractivity contribution in [1.82, 2.24) is 0 Å². The van der Waals surface area contributed by atoms with Crippen LogP contribution in [0.5, 0.6) is 11.5 Å². The van der Waals surface area contributed by atoms with Crippen molar-refractivity contribution in [2.75, 3.05) is 0 Å². The maximum absolute atomic E-state index is 13.4. The van der Waals surface area contributed by atoms with Crippen LogP contribution in [0, 0.1) is 12.7 Å². The number of aryl methyl sites for hydroxylation is 1. The Morgan fingerprint density at radius 2 is 1.88 bits per heavy atom. The van der Waals surface area contributed by atoms with Gasteiger partial charge in [0.05, 0.1) is 0 Å². The summed E-state index contributed by atoms with van der Waals surface area (Å²) in [4.78, 5) is 0. The second kappa shape index (κ2) is 4.97. The molecule has 2 aromatic rings. The topological polar surface area (TPSA) is 35.2 Å². The molecule has 0 aliphatic heterocycles. The zero-order valence-electron chi connectivity index (χ0n) is 9.61. The minimum absolute atomic E-state index is 0.232. The fourth-order valence-electron chi connectivity index (χ4n) is 1.60. The fraction of sp³-hybridized carbons (Fsp3) is 0.143. The number of rotatable bonds is 3. The van der Waals surface area contributed by atoms with Crippen molar-refractivity contribution >= 4 is 0 Å². The van der Waals surface area contributed by atoms with Crippen molar-refractivity contribution in [3.05, 3.63) is 59.4 Å². The predicted molar refractivity (Wildman–Crippen MR) is 65.5 cm³/mol. The lowest BCUT2D eigenvalue weighted by Gasteiger charge is -2.10. The summed E-state index contributed by atoms with van der Waals surface area (Å²) >= 11 is 0. The zero-order valence-corrected chi connectivity index (χ0v) is 9.61. The number of nitrogens with two attached hydrogens (primary N) is 1. The molecule has 2 nitrogen and oxygen atoms in total. The summed E-state index contributed by atoms with van der Waals surface area (Å²) in [5, 5.41) is 0. The summed E-state index contributed by atoms with van der Waals surface area (Å²) in [7, 11) is 0. The molecule has 0 aromatic heterocycles. The van der Waals surface area contributed by atoms with Gasteiger partial charge in [0.15, 0.2) is 11.6 Å². The van der Waals surface area contributed by atoms with Crippen LogP contribution in [0.4, 0.5) is 4.39 Å². The second-order valence-corrected chi connectivity index (χ2v) is 3.84. The van der Waals surface area contributed by atoms with Gasteiger partial charge in [0, 0.05) is 6.54 Å². The largest absolute Gasteiger partial charge is 0.454 e. The van der Waals surface area contributed by atoms with Gasteiger partial charge >= 0.3 is 0 Å². The van der Waals surface area contributed by atoms with E-state index >= 15 is 0 Å². The van der Waals surface area contributed by atoms with E-state index in [-0.39, 0.29) is 11.6 Å². The lowest BCUT2D eigenvalue weighted by molar-refractivity contribution is 0.439. The average molecular weight is 231 g/mol. The monoisotopic (exact) mass is 231 g/mol. The number of para-hydroxylation sites is 1. The van der Waals surface area contributed by atoms with Gasteiger partial charge in [0.1, 0.15) is 5.75 Å². The number of benzene rings is 2. The smallest absolute Gasteiger partial charge is 0.165 e. The van der Waals surface area contributed by atoms with Crippen LogP contribution in [0.15, 0.2) is 42.5 Å². The van der Waals surface area contributed by atoms with E-state index in [1.54, 1.807) is 18.2 Å². The highest BCUT2D eigenvalue weighted by molar-refractivity contribution is 5.40. The van der Waals surface area contributed by atoms with Crippen molar-refractivity contribution in [1.29, 1.82) is 0 Å². The first kappa shape index (κ1) is 11.6. The van der Waals surface area contributed by atoms with Crippen LogP contribution < -0.4 is 10.5 Å². The Balaban J connectivity index is 2.28. The molecule has 3 heteroatoms. The molecule has 0 fully saturated rings. The number of hydrogen-bond acceptors (Lipinski definition) is 2. The Morgan fingerprint density at radius 1 is 1.12 bits per heavy atom. The fourth-order valence-corrected chi connectivity index (χ4v) is 1.60. The van der Waals surface area contributed by atoms with E-state index in [1.807, 2.05) is 25.1 Å². The van der Waals surface area contributed by atoms with E-state index in [9.17, 15) is 4.39 Å². The molecule has 0 amide bonds. The normalized spacial score (nSPS) is 10.3. The van der Waals surface area contributed by atoms with Gasteiger partial charge in [-0.15, -0.1) is 0 Å². The molecule has 0 aliphatic carbocycles. The van der Waals surface area contributed by atoms with Gasteiger partial charge in [-0.25, -0.2) is 4.39 Å². The van der Waals surface area contributed by atoms with Crippen LogP contribution in [0.25, 0.3) is 0 Å². The van der Waals surface area contributed by atoms with Crippen LogP contribution in [-0.4, -0.2) is 0 Å². The summed E-state index contributed by atoms with van der Waals surface area (Å²) < 4.78 is 18.9. The summed E-state index contributed by atoms with van der Waals surface area (Å²) in [6.07, 6.45) is 0. The maximum Gasteiger partial charge on any atom is 0.165 e. The lowest BCUT2D eigenvalue weighted by atomic mass is 10.1. The molecule has 0 radical (unpaired) electrons. The molecule has 2 rings (SSSR count). The quantitative estimate of drug-likeness (QED) is 0.878. The third-order valence-electron chi connectivity index (χ3n) is 2.53. The minimum Gasteiger partial charge on any atom is -0.454 e. The van der Waals surface area contributed by atoms with E-state index in [0.717, 1.165) is 11.1 Å². The minimum atomic E-state index is -0.366. The van der Waals surface area contributed by atoms with Crippen molar-refractivity contribution in [2.24, 2.45) is 5.73 Å². The molecule has 2 aromatic carbocycles. The molecule has 2 N–H and O–H groups in total. The molecule has 17 heavy (non-hydrogen) atoms. The van der Waals surface area contributed by atoms with Gasteiger partial charge in [0.2, 0.25) is 0 Å². The highest BCUT2D eigenvalue weighted by Gasteiger charge is 2.06. The highest BCUT2D eigenvalue weighted by Crippen LogP contribution is 2.27. The molecule has 88 valence electrons. The van der Waals surface area contributed by atoms with Gasteiger partial charge in [-0.2, -0.15) is 0 Å². The van der Waals surface area contributed by atoms with Crippen LogP contribution >= 0.6 is 0 Å². The SMILES string of the molecule is Cc1cc(CN)ccc1Oc1ccccc1F. The molecule has 0 atom stereocenters. The van der Waals surface area contributed by atoms with Crippen molar-refractivity contribution in [3.8, 4) is 11.5 Å². The Morgan fingerprint density at radius 3 is 2.53 bits per heavy atom. The standard InChI is InChI=1S/C14H14FNO/c1-10-8-11(9-16)6-7-13(10)17-14-5-3-2-4-12(14)15/h2-8H,9,16H2,1H3. The van der Waals surface area contributed by atoms with E-state index in [0.29, 0.717) is 12.3 Å². The highest BCUT2D eigenvalue weighted by atomic mass is 19.1. The van der Waals surface area contributed by atoms with Crippen molar-refractivity contribution < 1.29 is 9.13 Å². The molecule has 0 saturated heterocycles. The van der Waals surface area contributed by atoms with Gasteiger partial charge in [-0.05, 0) is 36.2 Å². The Bertz CT molecular complexity index is 525. The molecule has 0 spiro atoms. The van der Waals surface area contributed by atoms with E-state index in [1.165, 1.54) is 6.07 Å². The van der Waals surface area contributed by atoms with Crippen LogP contribution in [0.1, 0.15) is 11.1 Å². The maximum atomic E-state index is 13.4. The lowest BCUT2D eigenvalue weighted by Crippen LogP contribution is -1.97. The number of halogens is 1. The first-order valence-electron chi connectivity index (χ1n) is 5.42. The third-order valence-corrected chi connectivity index (χ3v) is 2.53. The average Bonchev–Trinajstić information content (AvgIpc) is 2.34. The summed E-state index contributed by atoms with van der Waals surface area (Å²) in [5.74, 6) is 0.512. The number of ether oxygens (including phenoxy) is 1. The molecule has 0 heterocycles. The molecular weight excluding hydrogens is 217 g/mol. The van der Waals surface area contributed by atoms with Crippen LogP contribution in [-0.2, 0) is 6.54 Å². The third kappa shape index (κ3) is 2.63. The molecule has 0 saturated carbocycles. The van der Waals surface area contributed by atoms with E-state index in [4.69, 9.17) is 10.5 Å². The first-order valence-corrected chi connectivity index (χ1v) is 5.42. The van der Waals surface area contributed by atoms with Gasteiger partial charge < -0.3 is 10.5 Å². The molecule has 0 bridgehead atoms. The van der Waals surface area contributed by atoms with Gasteiger partial charge in [-0.3, -0.25) is 0 Å². The van der Waals surface area contributed by atoms with Crippen LogP contribution in [0.3, 0.4) is 0 Å². The first-order chi connectivity index (χ1) is 8.20. The molecular formula is C14H14FNO. The molecule has 0 aliphatic rings. The molecule has 0 unspecified atom stereocenters. The zero-order chi connectivity index (χ0) is 12.3. The second-order valence-electron chi connectivity index (χ2n) is 3.84. The van der Waals surface area contributed by atoms with E-state index < -0.39 is 0 Å². The van der Waals surface area contributed by atoms with E-state index in [2.05, 4.69) is 0 Å². The summed E-state index contributed by atoms with van der Waals surface area (Å²) in [6, 6.07) is 12.0. The Hall–Kier alpha value is -1.87. The summed E-state index contributed by atoms with van der Waals surface area (Å²) in [5.41, 5.74) is 7.52. The Labute approximate surface area is 99.8 Å². The van der Waals surface area contributed by atoms with Gasteiger partial charge in [0.25, 0.3) is 0 Å².